The molecule has 1 aromatic heterocycles. The summed E-state index contributed by atoms with van der Waals surface area (Å²) in [6.07, 6.45) is 6.81. The molecule has 1 aliphatic rings. The molecule has 0 unspecified atom stereocenters. The second kappa shape index (κ2) is 6.31. The summed E-state index contributed by atoms with van der Waals surface area (Å²) in [5, 5.41) is 8.16. The van der Waals surface area contributed by atoms with Gasteiger partial charge in [-0.15, -0.1) is 0 Å². The van der Waals surface area contributed by atoms with Crippen molar-refractivity contribution in [2.24, 2.45) is 5.73 Å². The molecule has 0 aliphatic heterocycles. The molecule has 21 heavy (non-hydrogen) atoms. The topological polar surface area (TPSA) is 55.9 Å². The number of aryl methyl sites for hydroxylation is 1. The van der Waals surface area contributed by atoms with Gasteiger partial charge in [0.05, 0.1) is 23.3 Å². The van der Waals surface area contributed by atoms with Gasteiger partial charge in [-0.05, 0) is 44.4 Å². The molecule has 3 rings (SSSR count). The zero-order chi connectivity index (χ0) is 14.7. The fourth-order valence-corrected chi connectivity index (χ4v) is 2.89. The molecule has 0 radical (unpaired) electrons. The Bertz CT molecular complexity index is 599. The SMILES string of the molecule is Cc1ccccc1-n1ncc(NCCCN)c1C1CCC1. The van der Waals surface area contributed by atoms with Crippen LogP contribution in [0.5, 0.6) is 0 Å². The van der Waals surface area contributed by atoms with Gasteiger partial charge in [0.15, 0.2) is 0 Å². The van der Waals surface area contributed by atoms with E-state index in [2.05, 4.69) is 46.3 Å². The highest BCUT2D eigenvalue weighted by atomic mass is 15.3. The average molecular weight is 284 g/mol. The fourth-order valence-electron chi connectivity index (χ4n) is 2.89. The van der Waals surface area contributed by atoms with Gasteiger partial charge < -0.3 is 11.1 Å². The molecule has 3 N–H and O–H groups in total. The molecule has 4 heteroatoms. The predicted octanol–water partition coefficient (Wildman–Crippen LogP) is 3.21. The van der Waals surface area contributed by atoms with E-state index >= 15 is 0 Å². The highest BCUT2D eigenvalue weighted by Crippen LogP contribution is 2.41. The molecular formula is C17H24N4. The number of anilines is 1. The summed E-state index contributed by atoms with van der Waals surface area (Å²) in [5.41, 5.74) is 10.5. The van der Waals surface area contributed by atoms with Crippen molar-refractivity contribution >= 4 is 5.69 Å². The Morgan fingerprint density at radius 3 is 2.81 bits per heavy atom. The van der Waals surface area contributed by atoms with E-state index in [1.165, 1.54) is 41.9 Å². The Morgan fingerprint density at radius 2 is 2.14 bits per heavy atom. The minimum Gasteiger partial charge on any atom is -0.382 e. The van der Waals surface area contributed by atoms with Crippen LogP contribution < -0.4 is 11.1 Å². The van der Waals surface area contributed by atoms with Crippen LogP contribution in [0.25, 0.3) is 5.69 Å². The van der Waals surface area contributed by atoms with Gasteiger partial charge in [0.25, 0.3) is 0 Å². The van der Waals surface area contributed by atoms with Crippen LogP contribution in [0.3, 0.4) is 0 Å². The number of aromatic nitrogens is 2. The molecule has 1 aliphatic carbocycles. The van der Waals surface area contributed by atoms with Crippen molar-refractivity contribution in [3.63, 3.8) is 0 Å². The minimum absolute atomic E-state index is 0.632. The molecule has 2 aromatic rings. The van der Waals surface area contributed by atoms with E-state index in [-0.39, 0.29) is 0 Å². The number of nitrogens with one attached hydrogen (secondary N) is 1. The van der Waals surface area contributed by atoms with Gasteiger partial charge in [-0.1, -0.05) is 24.6 Å². The van der Waals surface area contributed by atoms with Gasteiger partial charge in [0.2, 0.25) is 0 Å². The Balaban J connectivity index is 1.94. The number of para-hydroxylation sites is 1. The molecule has 1 heterocycles. The van der Waals surface area contributed by atoms with Crippen LogP contribution in [0.2, 0.25) is 0 Å². The quantitative estimate of drug-likeness (QED) is 0.801. The van der Waals surface area contributed by atoms with Crippen LogP contribution in [-0.4, -0.2) is 22.9 Å². The summed E-state index contributed by atoms with van der Waals surface area (Å²) in [6, 6.07) is 8.44. The molecule has 0 atom stereocenters. The summed E-state index contributed by atoms with van der Waals surface area (Å²) >= 11 is 0. The van der Waals surface area contributed by atoms with Gasteiger partial charge in [-0.3, -0.25) is 0 Å². The van der Waals surface area contributed by atoms with Crippen LogP contribution in [0.1, 0.15) is 42.9 Å². The first-order valence-electron chi connectivity index (χ1n) is 7.89. The zero-order valence-corrected chi connectivity index (χ0v) is 12.7. The zero-order valence-electron chi connectivity index (χ0n) is 12.7. The van der Waals surface area contributed by atoms with Crippen LogP contribution in [0.15, 0.2) is 30.5 Å². The number of hydrogen-bond acceptors (Lipinski definition) is 3. The molecular weight excluding hydrogens is 260 g/mol. The van der Waals surface area contributed by atoms with Crippen LogP contribution in [0, 0.1) is 6.92 Å². The van der Waals surface area contributed by atoms with Crippen molar-refractivity contribution in [3.8, 4) is 5.69 Å². The van der Waals surface area contributed by atoms with Gasteiger partial charge in [0.1, 0.15) is 0 Å². The number of hydrogen-bond donors (Lipinski definition) is 2. The van der Waals surface area contributed by atoms with Crippen LogP contribution >= 0.6 is 0 Å². The molecule has 4 nitrogen and oxygen atoms in total. The van der Waals surface area contributed by atoms with Crippen molar-refractivity contribution < 1.29 is 0 Å². The van der Waals surface area contributed by atoms with E-state index in [1.54, 1.807) is 0 Å². The third kappa shape index (κ3) is 2.81. The van der Waals surface area contributed by atoms with Gasteiger partial charge >= 0.3 is 0 Å². The van der Waals surface area contributed by atoms with Crippen LogP contribution in [0.4, 0.5) is 5.69 Å². The maximum atomic E-state index is 5.58. The molecule has 0 amide bonds. The number of rotatable bonds is 6. The molecule has 1 fully saturated rings. The van der Waals surface area contributed by atoms with Crippen molar-refractivity contribution in [2.45, 2.75) is 38.5 Å². The highest BCUT2D eigenvalue weighted by Gasteiger charge is 2.27. The number of benzene rings is 1. The molecule has 0 saturated heterocycles. The Morgan fingerprint density at radius 1 is 1.33 bits per heavy atom. The summed E-state index contributed by atoms with van der Waals surface area (Å²) in [5.74, 6) is 0.632. The first kappa shape index (κ1) is 14.1. The Kier molecular flexibility index (Phi) is 4.25. The highest BCUT2D eigenvalue weighted by molar-refractivity contribution is 5.53. The lowest BCUT2D eigenvalue weighted by atomic mass is 9.82. The summed E-state index contributed by atoms with van der Waals surface area (Å²) < 4.78 is 2.13. The molecule has 112 valence electrons. The normalized spacial score (nSPS) is 15.0. The van der Waals surface area contributed by atoms with E-state index in [1.807, 2.05) is 6.20 Å². The number of nitrogens with two attached hydrogens (primary N) is 1. The summed E-state index contributed by atoms with van der Waals surface area (Å²) in [7, 11) is 0. The minimum atomic E-state index is 0.632. The molecule has 0 spiro atoms. The summed E-state index contributed by atoms with van der Waals surface area (Å²) in [4.78, 5) is 0. The van der Waals surface area contributed by atoms with Crippen LogP contribution in [-0.2, 0) is 0 Å². The third-order valence-electron chi connectivity index (χ3n) is 4.34. The molecule has 1 saturated carbocycles. The van der Waals surface area contributed by atoms with E-state index in [4.69, 9.17) is 5.73 Å². The first-order valence-corrected chi connectivity index (χ1v) is 7.89. The smallest absolute Gasteiger partial charge is 0.0766 e. The number of nitrogens with zero attached hydrogens (tertiary/aromatic N) is 2. The van der Waals surface area contributed by atoms with Gasteiger partial charge in [-0.2, -0.15) is 5.10 Å². The predicted molar refractivity (Wildman–Crippen MR) is 87.1 cm³/mol. The van der Waals surface area contributed by atoms with E-state index in [0.29, 0.717) is 5.92 Å². The lowest BCUT2D eigenvalue weighted by molar-refractivity contribution is 0.404. The first-order chi connectivity index (χ1) is 10.3. The second-order valence-corrected chi connectivity index (χ2v) is 5.84. The lowest BCUT2D eigenvalue weighted by Gasteiger charge is -2.28. The maximum absolute atomic E-state index is 5.58. The standard InChI is InChI=1S/C17H24N4/c1-13-6-2-3-9-16(13)21-17(14-7-4-8-14)15(12-20-21)19-11-5-10-18/h2-3,6,9,12,14,19H,4-5,7-8,10-11,18H2,1H3. The Labute approximate surface area is 126 Å². The fraction of sp³-hybridized carbons (Fsp3) is 0.471. The summed E-state index contributed by atoms with van der Waals surface area (Å²) in [6.45, 7) is 3.77. The van der Waals surface area contributed by atoms with E-state index in [0.717, 1.165) is 19.5 Å². The second-order valence-electron chi connectivity index (χ2n) is 5.84. The van der Waals surface area contributed by atoms with Crippen molar-refractivity contribution in [2.75, 3.05) is 18.4 Å². The molecule has 1 aromatic carbocycles. The van der Waals surface area contributed by atoms with Gasteiger partial charge in [-0.25, -0.2) is 4.68 Å². The largest absolute Gasteiger partial charge is 0.382 e. The van der Waals surface area contributed by atoms with Crippen molar-refractivity contribution in [3.05, 3.63) is 41.7 Å². The molecule has 0 bridgehead atoms. The van der Waals surface area contributed by atoms with Crippen molar-refractivity contribution in [1.82, 2.24) is 9.78 Å². The maximum Gasteiger partial charge on any atom is 0.0766 e. The van der Waals surface area contributed by atoms with E-state index < -0.39 is 0 Å². The van der Waals surface area contributed by atoms with Crippen molar-refractivity contribution in [1.29, 1.82) is 0 Å². The average Bonchev–Trinajstić information content (AvgIpc) is 2.82. The lowest BCUT2D eigenvalue weighted by Crippen LogP contribution is -2.17. The third-order valence-corrected chi connectivity index (χ3v) is 4.34. The van der Waals surface area contributed by atoms with Gasteiger partial charge in [0, 0.05) is 12.5 Å². The van der Waals surface area contributed by atoms with E-state index in [9.17, 15) is 0 Å². The Hall–Kier alpha value is -1.81. The monoisotopic (exact) mass is 284 g/mol.